The van der Waals surface area contributed by atoms with E-state index in [0.29, 0.717) is 18.5 Å². The monoisotopic (exact) mass is 298 g/mol. The van der Waals surface area contributed by atoms with Gasteiger partial charge in [0.15, 0.2) is 12.0 Å². The van der Waals surface area contributed by atoms with Crippen molar-refractivity contribution < 1.29 is 9.90 Å². The summed E-state index contributed by atoms with van der Waals surface area (Å²) in [7, 11) is 0. The van der Waals surface area contributed by atoms with Crippen LogP contribution >= 0.6 is 0 Å². The summed E-state index contributed by atoms with van der Waals surface area (Å²) in [4.78, 5) is 29.4. The summed E-state index contributed by atoms with van der Waals surface area (Å²) >= 11 is 0. The van der Waals surface area contributed by atoms with E-state index in [1.54, 1.807) is 0 Å². The molecule has 1 fully saturated rings. The second-order valence-electron chi connectivity index (χ2n) is 5.89. The van der Waals surface area contributed by atoms with E-state index in [-0.39, 0.29) is 11.1 Å². The lowest BCUT2D eigenvalue weighted by Crippen LogP contribution is -2.28. The third-order valence-electron chi connectivity index (χ3n) is 4.54. The molecule has 2 aromatic rings. The average Bonchev–Trinajstić information content (AvgIpc) is 3.01. The molecule has 5 nitrogen and oxygen atoms in total. The first-order valence-corrected chi connectivity index (χ1v) is 7.47. The van der Waals surface area contributed by atoms with Gasteiger partial charge in [0.1, 0.15) is 5.82 Å². The fraction of sp³-hybridized carbons (Fsp3) is 0.353. The normalized spacial score (nSPS) is 16.5. The fourth-order valence-corrected chi connectivity index (χ4v) is 3.43. The van der Waals surface area contributed by atoms with E-state index >= 15 is 0 Å². The van der Waals surface area contributed by atoms with Gasteiger partial charge >= 0.3 is 0 Å². The number of rotatable bonds is 4. The van der Waals surface area contributed by atoms with Gasteiger partial charge in [0.05, 0.1) is 0 Å². The number of benzene rings is 1. The maximum absolute atomic E-state index is 11.7. The van der Waals surface area contributed by atoms with Gasteiger partial charge in [-0.2, -0.15) is 0 Å². The molecule has 1 aromatic heterocycles. The third kappa shape index (κ3) is 2.54. The number of carbonyl (C=O) groups excluding carboxylic acids is 1. The van der Waals surface area contributed by atoms with Crippen molar-refractivity contribution in [3.05, 3.63) is 57.8 Å². The molecule has 1 aromatic carbocycles. The quantitative estimate of drug-likeness (QED) is 0.849. The number of H-pyrrole nitrogens is 1. The summed E-state index contributed by atoms with van der Waals surface area (Å²) in [6.07, 6.45) is 5.30. The standard InChI is InChI=1S/C17H18N2O3/c20-11-13-15(21)16(22)19-14(18-13)10-17(8-4-5-9-17)12-6-2-1-3-7-12/h1-3,6-7,11,21H,4-5,8-10H2,(H,18,19,22). The number of aromatic nitrogens is 2. The van der Waals surface area contributed by atoms with Crippen molar-refractivity contribution in [2.24, 2.45) is 0 Å². The van der Waals surface area contributed by atoms with Crippen LogP contribution in [0.15, 0.2) is 35.1 Å². The summed E-state index contributed by atoms with van der Waals surface area (Å²) < 4.78 is 0. The molecule has 0 saturated heterocycles. The number of hydrogen-bond donors (Lipinski definition) is 2. The number of carbonyl (C=O) groups is 1. The van der Waals surface area contributed by atoms with Crippen molar-refractivity contribution in [1.82, 2.24) is 9.97 Å². The molecule has 0 radical (unpaired) electrons. The lowest BCUT2D eigenvalue weighted by atomic mass is 9.76. The molecular formula is C17H18N2O3. The molecule has 0 bridgehead atoms. The lowest BCUT2D eigenvalue weighted by molar-refractivity contribution is 0.111. The Bertz CT molecular complexity index is 731. The van der Waals surface area contributed by atoms with Crippen molar-refractivity contribution in [2.75, 3.05) is 0 Å². The van der Waals surface area contributed by atoms with E-state index in [4.69, 9.17) is 0 Å². The van der Waals surface area contributed by atoms with Crippen LogP contribution in [0.5, 0.6) is 5.75 Å². The van der Waals surface area contributed by atoms with E-state index in [0.717, 1.165) is 25.7 Å². The number of aromatic amines is 1. The molecule has 1 aliphatic carbocycles. The SMILES string of the molecule is O=Cc1nc(CC2(c3ccccc3)CCCC2)[nH]c(=O)c1O. The van der Waals surface area contributed by atoms with Crippen LogP contribution in [0.3, 0.4) is 0 Å². The summed E-state index contributed by atoms with van der Waals surface area (Å²) in [6, 6.07) is 10.2. The minimum Gasteiger partial charge on any atom is -0.501 e. The lowest BCUT2D eigenvalue weighted by Gasteiger charge is -2.29. The Morgan fingerprint density at radius 2 is 1.91 bits per heavy atom. The molecule has 5 heteroatoms. The topological polar surface area (TPSA) is 83.0 Å². The molecule has 1 saturated carbocycles. The molecule has 1 aliphatic rings. The second kappa shape index (κ2) is 5.75. The van der Waals surface area contributed by atoms with Crippen LogP contribution in [-0.2, 0) is 11.8 Å². The van der Waals surface area contributed by atoms with E-state index in [9.17, 15) is 14.7 Å². The zero-order valence-corrected chi connectivity index (χ0v) is 12.2. The molecule has 1 heterocycles. The molecular weight excluding hydrogens is 280 g/mol. The van der Waals surface area contributed by atoms with Crippen molar-refractivity contribution in [3.8, 4) is 5.75 Å². The maximum Gasteiger partial charge on any atom is 0.293 e. The maximum atomic E-state index is 11.7. The Morgan fingerprint density at radius 3 is 2.55 bits per heavy atom. The molecule has 0 atom stereocenters. The zero-order chi connectivity index (χ0) is 15.6. The van der Waals surface area contributed by atoms with Crippen molar-refractivity contribution in [2.45, 2.75) is 37.5 Å². The van der Waals surface area contributed by atoms with Gasteiger partial charge in [0.2, 0.25) is 5.75 Å². The predicted octanol–water partition coefficient (Wildman–Crippen LogP) is 2.34. The van der Waals surface area contributed by atoms with Gasteiger partial charge in [-0.1, -0.05) is 43.2 Å². The minimum atomic E-state index is -0.659. The Hall–Kier alpha value is -2.43. The molecule has 3 rings (SSSR count). The first kappa shape index (κ1) is 14.5. The number of hydrogen-bond acceptors (Lipinski definition) is 4. The first-order valence-electron chi connectivity index (χ1n) is 7.47. The van der Waals surface area contributed by atoms with Crippen molar-refractivity contribution >= 4 is 6.29 Å². The Labute approximate surface area is 128 Å². The number of nitrogens with zero attached hydrogens (tertiary/aromatic N) is 1. The first-order chi connectivity index (χ1) is 10.6. The van der Waals surface area contributed by atoms with Gasteiger partial charge in [0.25, 0.3) is 5.56 Å². The number of nitrogens with one attached hydrogen (secondary N) is 1. The van der Waals surface area contributed by atoms with Crippen LogP contribution in [0.4, 0.5) is 0 Å². The molecule has 0 aliphatic heterocycles. The average molecular weight is 298 g/mol. The van der Waals surface area contributed by atoms with Crippen LogP contribution in [0.1, 0.15) is 47.6 Å². The molecule has 0 amide bonds. The highest BCUT2D eigenvalue weighted by Gasteiger charge is 2.36. The molecule has 2 N–H and O–H groups in total. The third-order valence-corrected chi connectivity index (χ3v) is 4.54. The van der Waals surface area contributed by atoms with Gasteiger partial charge < -0.3 is 10.1 Å². The van der Waals surface area contributed by atoms with Crippen LogP contribution < -0.4 is 5.56 Å². The van der Waals surface area contributed by atoms with E-state index < -0.39 is 11.3 Å². The van der Waals surface area contributed by atoms with Gasteiger partial charge in [-0.3, -0.25) is 9.59 Å². The highest BCUT2D eigenvalue weighted by molar-refractivity contribution is 5.75. The van der Waals surface area contributed by atoms with Crippen molar-refractivity contribution in [3.63, 3.8) is 0 Å². The Balaban J connectivity index is 2.01. The van der Waals surface area contributed by atoms with E-state index in [2.05, 4.69) is 22.1 Å². The van der Waals surface area contributed by atoms with Crippen LogP contribution in [0, 0.1) is 0 Å². The molecule has 0 unspecified atom stereocenters. The summed E-state index contributed by atoms with van der Waals surface area (Å²) in [6.45, 7) is 0. The van der Waals surface area contributed by atoms with Crippen LogP contribution in [0.25, 0.3) is 0 Å². The summed E-state index contributed by atoms with van der Waals surface area (Å²) in [5.41, 5.74) is 0.318. The fourth-order valence-electron chi connectivity index (χ4n) is 3.43. The van der Waals surface area contributed by atoms with Gasteiger partial charge in [-0.15, -0.1) is 0 Å². The van der Waals surface area contributed by atoms with Gasteiger partial charge in [-0.05, 0) is 18.4 Å². The molecule has 114 valence electrons. The van der Waals surface area contributed by atoms with Crippen LogP contribution in [0.2, 0.25) is 0 Å². The Kier molecular flexibility index (Phi) is 3.79. The number of aldehydes is 1. The number of aromatic hydroxyl groups is 1. The highest BCUT2D eigenvalue weighted by Crippen LogP contribution is 2.43. The minimum absolute atomic E-state index is 0.0612. The van der Waals surface area contributed by atoms with Crippen molar-refractivity contribution in [1.29, 1.82) is 0 Å². The second-order valence-corrected chi connectivity index (χ2v) is 5.89. The van der Waals surface area contributed by atoms with Gasteiger partial charge in [-0.25, -0.2) is 4.98 Å². The predicted molar refractivity (Wildman–Crippen MR) is 82.2 cm³/mol. The Morgan fingerprint density at radius 1 is 1.23 bits per heavy atom. The summed E-state index contributed by atoms with van der Waals surface area (Å²) in [5.74, 6) is -0.158. The van der Waals surface area contributed by atoms with Crippen LogP contribution in [-0.4, -0.2) is 21.4 Å². The molecule has 0 spiro atoms. The largest absolute Gasteiger partial charge is 0.501 e. The van der Waals surface area contributed by atoms with E-state index in [1.807, 2.05) is 18.2 Å². The zero-order valence-electron chi connectivity index (χ0n) is 12.2. The van der Waals surface area contributed by atoms with Gasteiger partial charge in [0, 0.05) is 11.8 Å². The smallest absolute Gasteiger partial charge is 0.293 e. The molecule has 22 heavy (non-hydrogen) atoms. The highest BCUT2D eigenvalue weighted by atomic mass is 16.3. The summed E-state index contributed by atoms with van der Waals surface area (Å²) in [5, 5.41) is 9.53. The van der Waals surface area contributed by atoms with E-state index in [1.165, 1.54) is 5.56 Å².